The van der Waals surface area contributed by atoms with E-state index >= 15 is 0 Å². The standard InChI is InChI=1S/C20H25N3O2/c1-2-22-11-10-17-8-9-18(14-19(17)22)21-20(25)23(12-13-24)15-16-6-4-3-5-7-16/h3-9,14,24H,2,10-13,15H2,1H3,(H,21,25). The van der Waals surface area contributed by atoms with Crippen LogP contribution in [-0.2, 0) is 13.0 Å². The Kier molecular flexibility index (Phi) is 5.56. The number of amides is 2. The van der Waals surface area contributed by atoms with Crippen molar-refractivity contribution in [3.8, 4) is 0 Å². The molecular weight excluding hydrogens is 314 g/mol. The Morgan fingerprint density at radius 3 is 2.76 bits per heavy atom. The van der Waals surface area contributed by atoms with Crippen molar-refractivity contribution in [2.45, 2.75) is 19.9 Å². The Hall–Kier alpha value is -2.53. The quantitative estimate of drug-likeness (QED) is 0.850. The Bertz CT molecular complexity index is 718. The van der Waals surface area contributed by atoms with Crippen molar-refractivity contribution in [2.24, 2.45) is 0 Å². The van der Waals surface area contributed by atoms with Gasteiger partial charge in [-0.1, -0.05) is 36.4 Å². The lowest BCUT2D eigenvalue weighted by molar-refractivity contribution is 0.185. The smallest absolute Gasteiger partial charge is 0.322 e. The predicted octanol–water partition coefficient (Wildman–Crippen LogP) is 3.10. The van der Waals surface area contributed by atoms with Crippen LogP contribution in [0.1, 0.15) is 18.1 Å². The lowest BCUT2D eigenvalue weighted by Crippen LogP contribution is -2.36. The molecule has 0 spiro atoms. The average molecular weight is 339 g/mol. The Balaban J connectivity index is 1.71. The molecule has 2 N–H and O–H groups in total. The summed E-state index contributed by atoms with van der Waals surface area (Å²) in [5.41, 5.74) is 4.37. The van der Waals surface area contributed by atoms with E-state index in [4.69, 9.17) is 0 Å². The third-order valence-electron chi connectivity index (χ3n) is 4.58. The molecule has 5 nitrogen and oxygen atoms in total. The van der Waals surface area contributed by atoms with Gasteiger partial charge in [-0.2, -0.15) is 0 Å². The SMILES string of the molecule is CCN1CCc2ccc(NC(=O)N(CCO)Cc3ccccc3)cc21. The van der Waals surface area contributed by atoms with Crippen molar-refractivity contribution in [1.82, 2.24) is 4.90 Å². The molecule has 0 fully saturated rings. The van der Waals surface area contributed by atoms with Gasteiger partial charge in [-0.15, -0.1) is 0 Å². The Labute approximate surface area is 148 Å². The van der Waals surface area contributed by atoms with Crippen LogP contribution in [-0.4, -0.2) is 42.3 Å². The fraction of sp³-hybridized carbons (Fsp3) is 0.350. The van der Waals surface area contributed by atoms with Gasteiger partial charge >= 0.3 is 6.03 Å². The molecule has 0 atom stereocenters. The minimum absolute atomic E-state index is 0.0615. The van der Waals surface area contributed by atoms with Crippen LogP contribution in [0.5, 0.6) is 0 Å². The van der Waals surface area contributed by atoms with Crippen molar-refractivity contribution < 1.29 is 9.90 Å². The van der Waals surface area contributed by atoms with Crippen LogP contribution in [0, 0.1) is 0 Å². The van der Waals surface area contributed by atoms with E-state index in [0.717, 1.165) is 30.8 Å². The number of aliphatic hydroxyl groups excluding tert-OH is 1. The highest BCUT2D eigenvalue weighted by Gasteiger charge is 2.19. The van der Waals surface area contributed by atoms with Crippen LogP contribution in [0.25, 0.3) is 0 Å². The summed E-state index contributed by atoms with van der Waals surface area (Å²) < 4.78 is 0. The van der Waals surface area contributed by atoms with Crippen LogP contribution < -0.4 is 10.2 Å². The van der Waals surface area contributed by atoms with Crippen molar-refractivity contribution in [1.29, 1.82) is 0 Å². The lowest BCUT2D eigenvalue weighted by Gasteiger charge is -2.23. The molecule has 2 amide bonds. The number of benzene rings is 2. The molecule has 2 aromatic carbocycles. The van der Waals surface area contributed by atoms with Gasteiger partial charge in [0.05, 0.1) is 6.61 Å². The van der Waals surface area contributed by atoms with Gasteiger partial charge in [0.1, 0.15) is 0 Å². The molecule has 2 aromatic rings. The molecule has 132 valence electrons. The molecule has 0 radical (unpaired) electrons. The molecule has 3 rings (SSSR count). The third-order valence-corrected chi connectivity index (χ3v) is 4.58. The van der Waals surface area contributed by atoms with Gasteiger partial charge < -0.3 is 20.2 Å². The van der Waals surface area contributed by atoms with E-state index in [0.29, 0.717) is 13.1 Å². The normalized spacial score (nSPS) is 12.8. The number of carbonyl (C=O) groups is 1. The van der Waals surface area contributed by atoms with Crippen LogP contribution in [0.4, 0.5) is 16.2 Å². The summed E-state index contributed by atoms with van der Waals surface area (Å²) in [6.45, 7) is 4.85. The second-order valence-corrected chi connectivity index (χ2v) is 6.23. The van der Waals surface area contributed by atoms with Crippen LogP contribution in [0.3, 0.4) is 0 Å². The molecule has 0 saturated heterocycles. The zero-order chi connectivity index (χ0) is 17.6. The van der Waals surface area contributed by atoms with Gasteiger partial charge in [-0.05, 0) is 36.6 Å². The molecule has 25 heavy (non-hydrogen) atoms. The average Bonchev–Trinajstić information content (AvgIpc) is 3.04. The first-order valence-corrected chi connectivity index (χ1v) is 8.80. The maximum Gasteiger partial charge on any atom is 0.322 e. The second kappa shape index (κ2) is 8.03. The van der Waals surface area contributed by atoms with Crippen molar-refractivity contribution in [3.05, 3.63) is 59.7 Å². The van der Waals surface area contributed by atoms with E-state index in [1.165, 1.54) is 11.3 Å². The van der Waals surface area contributed by atoms with Crippen LogP contribution in [0.15, 0.2) is 48.5 Å². The molecule has 1 aliphatic heterocycles. The maximum absolute atomic E-state index is 12.6. The number of anilines is 2. The van der Waals surface area contributed by atoms with Crippen molar-refractivity contribution in [3.63, 3.8) is 0 Å². The largest absolute Gasteiger partial charge is 0.395 e. The van der Waals surface area contributed by atoms with Crippen molar-refractivity contribution in [2.75, 3.05) is 36.5 Å². The number of hydrogen-bond donors (Lipinski definition) is 2. The third kappa shape index (κ3) is 4.12. The van der Waals surface area contributed by atoms with E-state index in [9.17, 15) is 9.90 Å². The van der Waals surface area contributed by atoms with E-state index in [1.54, 1.807) is 4.90 Å². The molecule has 0 bridgehead atoms. The number of nitrogens with one attached hydrogen (secondary N) is 1. The number of likely N-dealkylation sites (N-methyl/N-ethyl adjacent to an activating group) is 1. The molecule has 0 unspecified atom stereocenters. The number of fused-ring (bicyclic) bond motifs is 1. The zero-order valence-electron chi connectivity index (χ0n) is 14.6. The van der Waals surface area contributed by atoms with E-state index in [2.05, 4.69) is 23.2 Å². The van der Waals surface area contributed by atoms with Crippen molar-refractivity contribution >= 4 is 17.4 Å². The summed E-state index contributed by atoms with van der Waals surface area (Å²) in [6, 6.07) is 15.7. The van der Waals surface area contributed by atoms with Gasteiger partial charge in [0.15, 0.2) is 0 Å². The fourth-order valence-corrected chi connectivity index (χ4v) is 3.23. The highest BCUT2D eigenvalue weighted by molar-refractivity contribution is 5.90. The Morgan fingerprint density at radius 1 is 1.24 bits per heavy atom. The monoisotopic (exact) mass is 339 g/mol. The molecular formula is C20H25N3O2. The van der Waals surface area contributed by atoms with Crippen LogP contribution in [0.2, 0.25) is 0 Å². The summed E-state index contributed by atoms with van der Waals surface area (Å²) in [7, 11) is 0. The minimum atomic E-state index is -0.195. The van der Waals surface area contributed by atoms with E-state index in [-0.39, 0.29) is 12.6 Å². The van der Waals surface area contributed by atoms with Gasteiger partial charge in [0, 0.05) is 37.6 Å². The summed E-state index contributed by atoms with van der Waals surface area (Å²) >= 11 is 0. The maximum atomic E-state index is 12.6. The summed E-state index contributed by atoms with van der Waals surface area (Å²) in [5, 5.41) is 12.3. The minimum Gasteiger partial charge on any atom is -0.395 e. The molecule has 0 aromatic heterocycles. The number of hydrogen-bond acceptors (Lipinski definition) is 3. The van der Waals surface area contributed by atoms with E-state index in [1.807, 2.05) is 42.5 Å². The summed E-state index contributed by atoms with van der Waals surface area (Å²) in [6.07, 6.45) is 1.06. The molecule has 1 aliphatic rings. The highest BCUT2D eigenvalue weighted by Crippen LogP contribution is 2.30. The molecule has 5 heteroatoms. The number of aliphatic hydroxyl groups is 1. The molecule has 0 aliphatic carbocycles. The van der Waals surface area contributed by atoms with E-state index < -0.39 is 0 Å². The predicted molar refractivity (Wildman–Crippen MR) is 101 cm³/mol. The zero-order valence-corrected chi connectivity index (χ0v) is 14.6. The van der Waals surface area contributed by atoms with Crippen LogP contribution >= 0.6 is 0 Å². The highest BCUT2D eigenvalue weighted by atomic mass is 16.3. The van der Waals surface area contributed by atoms with Gasteiger partial charge in [-0.25, -0.2) is 4.79 Å². The van der Waals surface area contributed by atoms with Gasteiger partial charge in [0.25, 0.3) is 0 Å². The van der Waals surface area contributed by atoms with Gasteiger partial charge in [-0.3, -0.25) is 0 Å². The number of rotatable bonds is 6. The molecule has 0 saturated carbocycles. The number of nitrogens with zero attached hydrogens (tertiary/aromatic N) is 2. The first-order valence-electron chi connectivity index (χ1n) is 8.80. The number of carbonyl (C=O) groups excluding carboxylic acids is 1. The first-order chi connectivity index (χ1) is 12.2. The second-order valence-electron chi connectivity index (χ2n) is 6.23. The fourth-order valence-electron chi connectivity index (χ4n) is 3.23. The topological polar surface area (TPSA) is 55.8 Å². The Morgan fingerprint density at radius 2 is 2.04 bits per heavy atom. The first kappa shape index (κ1) is 17.3. The summed E-state index contributed by atoms with van der Waals surface area (Å²) in [5.74, 6) is 0. The molecule has 1 heterocycles. The number of urea groups is 1. The lowest BCUT2D eigenvalue weighted by atomic mass is 10.1. The van der Waals surface area contributed by atoms with Gasteiger partial charge in [0.2, 0.25) is 0 Å². The summed E-state index contributed by atoms with van der Waals surface area (Å²) in [4.78, 5) is 16.6.